The lowest BCUT2D eigenvalue weighted by Crippen LogP contribution is -2.36. The van der Waals surface area contributed by atoms with E-state index in [1.807, 2.05) is 42.5 Å². The van der Waals surface area contributed by atoms with E-state index < -0.39 is 0 Å². The molecule has 0 saturated carbocycles. The quantitative estimate of drug-likeness (QED) is 0.610. The molecule has 1 aliphatic rings. The highest BCUT2D eigenvalue weighted by molar-refractivity contribution is 6.33. The van der Waals surface area contributed by atoms with Gasteiger partial charge in [0.05, 0.1) is 11.1 Å². The van der Waals surface area contributed by atoms with Gasteiger partial charge in [-0.3, -0.25) is 4.79 Å². The summed E-state index contributed by atoms with van der Waals surface area (Å²) in [5, 5.41) is 7.52. The molecule has 6 nitrogen and oxygen atoms in total. The number of hydrogen-bond acceptors (Lipinski definition) is 5. The predicted octanol–water partition coefficient (Wildman–Crippen LogP) is 5.17. The summed E-state index contributed by atoms with van der Waals surface area (Å²) in [5.74, 6) is 0.164. The van der Waals surface area contributed by atoms with E-state index >= 15 is 0 Å². The maximum Gasteiger partial charge on any atom is 0.261 e. The molecule has 0 unspecified atom stereocenters. The fourth-order valence-corrected chi connectivity index (χ4v) is 4.00. The van der Waals surface area contributed by atoms with Crippen molar-refractivity contribution in [3.8, 4) is 11.3 Å². The van der Waals surface area contributed by atoms with Crippen LogP contribution in [0.2, 0.25) is 5.02 Å². The molecule has 0 spiro atoms. The highest BCUT2D eigenvalue weighted by atomic mass is 35.5. The van der Waals surface area contributed by atoms with Crippen LogP contribution in [0.15, 0.2) is 53.1 Å². The zero-order chi connectivity index (χ0) is 21.1. The number of benzene rings is 2. The fraction of sp³-hybridized carbons (Fsp3) is 0.304. The summed E-state index contributed by atoms with van der Waals surface area (Å²) in [4.78, 5) is 15.3. The highest BCUT2D eigenvalue weighted by Crippen LogP contribution is 2.31. The number of nitrogens with one attached hydrogen (secondary N) is 1. The second kappa shape index (κ2) is 8.90. The van der Waals surface area contributed by atoms with Crippen LogP contribution < -0.4 is 10.2 Å². The van der Waals surface area contributed by atoms with Crippen LogP contribution in [-0.2, 0) is 4.74 Å². The van der Waals surface area contributed by atoms with Gasteiger partial charge in [-0.15, -0.1) is 0 Å². The number of methoxy groups -OCH3 is 1. The van der Waals surface area contributed by atoms with E-state index in [1.54, 1.807) is 20.1 Å². The Balaban J connectivity index is 1.49. The van der Waals surface area contributed by atoms with Gasteiger partial charge in [-0.05, 0) is 50.1 Å². The smallest absolute Gasteiger partial charge is 0.261 e. The average molecular weight is 426 g/mol. The molecular formula is C23H24ClN3O3. The molecule has 1 aliphatic heterocycles. The van der Waals surface area contributed by atoms with Crippen LogP contribution in [0.5, 0.6) is 0 Å². The van der Waals surface area contributed by atoms with Crippen LogP contribution in [-0.4, -0.2) is 37.4 Å². The zero-order valence-corrected chi connectivity index (χ0v) is 17.8. The van der Waals surface area contributed by atoms with Gasteiger partial charge >= 0.3 is 0 Å². The van der Waals surface area contributed by atoms with E-state index in [2.05, 4.69) is 15.4 Å². The Kier molecular flexibility index (Phi) is 6.06. The molecule has 156 valence electrons. The first kappa shape index (κ1) is 20.4. The van der Waals surface area contributed by atoms with E-state index in [4.69, 9.17) is 20.9 Å². The van der Waals surface area contributed by atoms with E-state index in [1.165, 1.54) is 0 Å². The summed E-state index contributed by atoms with van der Waals surface area (Å²) in [7, 11) is 1.77. The van der Waals surface area contributed by atoms with E-state index in [0.717, 1.165) is 31.6 Å². The van der Waals surface area contributed by atoms with Crippen molar-refractivity contribution in [1.82, 2.24) is 5.16 Å². The molecule has 2 aromatic carbocycles. The number of halogens is 1. The SMILES string of the molecule is COC1CCN(c2ccc(NC(=O)c3c(-c4ccccc4Cl)noc3C)cc2)CC1. The van der Waals surface area contributed by atoms with E-state index in [9.17, 15) is 4.79 Å². The Labute approximate surface area is 180 Å². The summed E-state index contributed by atoms with van der Waals surface area (Å²) in [6.07, 6.45) is 2.39. The van der Waals surface area contributed by atoms with Crippen LogP contribution >= 0.6 is 11.6 Å². The van der Waals surface area contributed by atoms with Crippen molar-refractivity contribution in [2.45, 2.75) is 25.9 Å². The molecule has 1 saturated heterocycles. The first-order valence-corrected chi connectivity index (χ1v) is 10.3. The topological polar surface area (TPSA) is 67.6 Å². The second-order valence-corrected chi connectivity index (χ2v) is 7.77. The molecular weight excluding hydrogens is 402 g/mol. The molecule has 1 fully saturated rings. The van der Waals surface area contributed by atoms with Crippen LogP contribution in [0, 0.1) is 6.92 Å². The van der Waals surface area contributed by atoms with Gasteiger partial charge in [0.25, 0.3) is 5.91 Å². The van der Waals surface area contributed by atoms with Gasteiger partial charge in [0.1, 0.15) is 17.0 Å². The summed E-state index contributed by atoms with van der Waals surface area (Å²) >= 11 is 6.29. The third kappa shape index (κ3) is 4.20. The largest absolute Gasteiger partial charge is 0.381 e. The van der Waals surface area contributed by atoms with Gasteiger partial charge in [-0.2, -0.15) is 0 Å². The van der Waals surface area contributed by atoms with Crippen molar-refractivity contribution in [3.63, 3.8) is 0 Å². The van der Waals surface area contributed by atoms with Gasteiger partial charge in [0.15, 0.2) is 0 Å². The Morgan fingerprint density at radius 2 is 1.87 bits per heavy atom. The van der Waals surface area contributed by atoms with Crippen LogP contribution in [0.1, 0.15) is 29.0 Å². The molecule has 0 bridgehead atoms. The maximum atomic E-state index is 13.0. The minimum absolute atomic E-state index is 0.280. The lowest BCUT2D eigenvalue weighted by molar-refractivity contribution is 0.0819. The number of hydrogen-bond donors (Lipinski definition) is 1. The van der Waals surface area contributed by atoms with Gasteiger partial charge in [0, 0.05) is 37.1 Å². The molecule has 0 aliphatic carbocycles. The fourth-order valence-electron chi connectivity index (χ4n) is 3.78. The Hall–Kier alpha value is -2.83. The first-order chi connectivity index (χ1) is 14.6. The molecule has 2 heterocycles. The molecule has 7 heteroatoms. The molecule has 0 radical (unpaired) electrons. The van der Waals surface area contributed by atoms with Crippen molar-refractivity contribution in [3.05, 3.63) is 64.9 Å². The second-order valence-electron chi connectivity index (χ2n) is 7.37. The lowest BCUT2D eigenvalue weighted by atomic mass is 10.1. The average Bonchev–Trinajstić information content (AvgIpc) is 3.16. The normalized spacial score (nSPS) is 14.7. The Morgan fingerprint density at radius 1 is 1.17 bits per heavy atom. The van der Waals surface area contributed by atoms with Crippen molar-refractivity contribution in [1.29, 1.82) is 0 Å². The zero-order valence-electron chi connectivity index (χ0n) is 17.0. The highest BCUT2D eigenvalue weighted by Gasteiger charge is 2.23. The van der Waals surface area contributed by atoms with Crippen molar-refractivity contribution < 1.29 is 14.1 Å². The van der Waals surface area contributed by atoms with Gasteiger partial charge in [0.2, 0.25) is 0 Å². The third-order valence-corrected chi connectivity index (χ3v) is 5.81. The Morgan fingerprint density at radius 3 is 2.53 bits per heavy atom. The minimum Gasteiger partial charge on any atom is -0.381 e. The van der Waals surface area contributed by atoms with Crippen molar-refractivity contribution in [2.24, 2.45) is 0 Å². The Bertz CT molecular complexity index is 1020. The van der Waals surface area contributed by atoms with E-state index in [-0.39, 0.29) is 5.91 Å². The standard InChI is InChI=1S/C23H24ClN3O3/c1-15-21(22(26-30-15)19-5-3-4-6-20(19)24)23(28)25-16-7-9-17(10-8-16)27-13-11-18(29-2)12-14-27/h3-10,18H,11-14H2,1-2H3,(H,25,28). The number of aryl methyl sites for hydroxylation is 1. The number of anilines is 2. The minimum atomic E-state index is -0.280. The van der Waals surface area contributed by atoms with Crippen molar-refractivity contribution in [2.75, 3.05) is 30.4 Å². The number of carbonyl (C=O) groups is 1. The van der Waals surface area contributed by atoms with Gasteiger partial charge < -0.3 is 19.5 Å². The summed E-state index contributed by atoms with van der Waals surface area (Å²) in [6, 6.07) is 15.1. The third-order valence-electron chi connectivity index (χ3n) is 5.48. The number of rotatable bonds is 5. The van der Waals surface area contributed by atoms with Crippen molar-refractivity contribution >= 4 is 28.9 Å². The van der Waals surface area contributed by atoms with Gasteiger partial charge in [-0.1, -0.05) is 35.0 Å². The molecule has 0 atom stereocenters. The predicted molar refractivity (Wildman–Crippen MR) is 118 cm³/mol. The molecule has 4 rings (SSSR count). The number of ether oxygens (including phenoxy) is 1. The van der Waals surface area contributed by atoms with Crippen LogP contribution in [0.4, 0.5) is 11.4 Å². The summed E-state index contributed by atoms with van der Waals surface area (Å²) in [6.45, 7) is 3.64. The molecule has 1 N–H and O–H groups in total. The van der Waals surface area contributed by atoms with Gasteiger partial charge in [-0.25, -0.2) is 0 Å². The summed E-state index contributed by atoms with van der Waals surface area (Å²) < 4.78 is 10.7. The van der Waals surface area contributed by atoms with Crippen LogP contribution in [0.3, 0.4) is 0 Å². The van der Waals surface area contributed by atoms with Crippen LogP contribution in [0.25, 0.3) is 11.3 Å². The number of carbonyl (C=O) groups excluding carboxylic acids is 1. The summed E-state index contributed by atoms with van der Waals surface area (Å²) in [5.41, 5.74) is 3.33. The molecule has 1 aromatic heterocycles. The number of aromatic nitrogens is 1. The number of nitrogens with zero attached hydrogens (tertiary/aromatic N) is 2. The van der Waals surface area contributed by atoms with E-state index in [0.29, 0.717) is 39.4 Å². The maximum absolute atomic E-state index is 13.0. The lowest BCUT2D eigenvalue weighted by Gasteiger charge is -2.33. The molecule has 30 heavy (non-hydrogen) atoms. The molecule has 3 aromatic rings. The number of piperidine rings is 1. The number of amides is 1. The monoisotopic (exact) mass is 425 g/mol. The molecule has 1 amide bonds. The first-order valence-electron chi connectivity index (χ1n) is 9.97.